The fourth-order valence-electron chi connectivity index (χ4n) is 6.51. The van der Waals surface area contributed by atoms with Gasteiger partial charge in [-0.3, -0.25) is 14.4 Å². The maximum absolute atomic E-state index is 13.9. The number of carbonyl (C=O) groups excluding carboxylic acids is 3. The lowest BCUT2D eigenvalue weighted by Gasteiger charge is -2.36. The highest BCUT2D eigenvalue weighted by Crippen LogP contribution is 2.63. The van der Waals surface area contributed by atoms with Gasteiger partial charge in [0.15, 0.2) is 0 Å². The predicted octanol–water partition coefficient (Wildman–Crippen LogP) is 0.567. The molecule has 3 aliphatic rings. The molecular formula is C25H34N6O5. The summed E-state index contributed by atoms with van der Waals surface area (Å²) in [4.78, 5) is 42.5. The summed E-state index contributed by atoms with van der Waals surface area (Å²) in [6.07, 6.45) is 2.30. The fourth-order valence-corrected chi connectivity index (χ4v) is 6.51. The number of hydrogen-bond donors (Lipinski definition) is 3. The molecule has 0 aliphatic carbocycles. The smallest absolute Gasteiger partial charge is 0.247 e. The first-order valence-electron chi connectivity index (χ1n) is 12.8. The van der Waals surface area contributed by atoms with Crippen molar-refractivity contribution in [2.75, 3.05) is 13.2 Å². The van der Waals surface area contributed by atoms with Crippen LogP contribution < -0.4 is 10.6 Å². The Kier molecular flexibility index (Phi) is 6.24. The third-order valence-corrected chi connectivity index (χ3v) is 8.19. The summed E-state index contributed by atoms with van der Waals surface area (Å²) in [7, 11) is 0. The Labute approximate surface area is 209 Å². The van der Waals surface area contributed by atoms with Gasteiger partial charge in [0.1, 0.15) is 23.8 Å². The molecule has 1 aromatic carbocycles. The maximum Gasteiger partial charge on any atom is 0.247 e. The minimum Gasteiger partial charge on any atom is -0.394 e. The standard InChI is InChI=1S/C25H34N6O5/c1-4-12-26-21(33)18-19-23(35)31(15(5-2)13-32)20(25(19)11-10-24(18,3)36-25)22(34)27-14-30-17-9-7-6-8-16(17)28-29-30/h6-9,15,18-20,32H,4-5,10-14H2,1-3H3,(H,26,33)(H,27,34)/t15-,18+,19-,20?,24-,25?/m0/s1. The minimum atomic E-state index is -1.13. The van der Waals surface area contributed by atoms with E-state index in [0.717, 1.165) is 11.9 Å². The first kappa shape index (κ1) is 24.6. The average Bonchev–Trinajstić information content (AvgIpc) is 3.58. The molecule has 11 heteroatoms. The molecule has 194 valence electrons. The van der Waals surface area contributed by atoms with Crippen LogP contribution in [0.25, 0.3) is 11.0 Å². The molecule has 4 heterocycles. The van der Waals surface area contributed by atoms with Crippen LogP contribution in [0.2, 0.25) is 0 Å². The quantitative estimate of drug-likeness (QED) is 0.459. The van der Waals surface area contributed by atoms with Crippen LogP contribution in [-0.2, 0) is 25.8 Å². The van der Waals surface area contributed by atoms with Crippen molar-refractivity contribution in [1.29, 1.82) is 0 Å². The van der Waals surface area contributed by atoms with Gasteiger partial charge in [0, 0.05) is 6.54 Å². The van der Waals surface area contributed by atoms with E-state index in [1.54, 1.807) is 4.68 Å². The van der Waals surface area contributed by atoms with Crippen LogP contribution in [0.1, 0.15) is 46.5 Å². The van der Waals surface area contributed by atoms with Crippen molar-refractivity contribution in [3.8, 4) is 0 Å². The molecule has 3 amide bonds. The van der Waals surface area contributed by atoms with Gasteiger partial charge >= 0.3 is 0 Å². The zero-order valence-corrected chi connectivity index (χ0v) is 20.9. The number of aliphatic hydroxyl groups is 1. The van der Waals surface area contributed by atoms with E-state index in [0.29, 0.717) is 31.3 Å². The van der Waals surface area contributed by atoms with E-state index in [1.807, 2.05) is 45.0 Å². The van der Waals surface area contributed by atoms with Crippen LogP contribution in [0.4, 0.5) is 0 Å². The Balaban J connectivity index is 1.48. The van der Waals surface area contributed by atoms with Crippen molar-refractivity contribution in [2.24, 2.45) is 11.8 Å². The molecular weight excluding hydrogens is 464 g/mol. The molecule has 3 fully saturated rings. The van der Waals surface area contributed by atoms with Gasteiger partial charge in [-0.05, 0) is 44.7 Å². The topological polar surface area (TPSA) is 139 Å². The highest BCUT2D eigenvalue weighted by atomic mass is 16.5. The van der Waals surface area contributed by atoms with Crippen molar-refractivity contribution in [3.63, 3.8) is 0 Å². The molecule has 1 aromatic heterocycles. The Morgan fingerprint density at radius 2 is 2.00 bits per heavy atom. The third kappa shape index (κ3) is 3.51. The number of benzene rings is 1. The van der Waals surface area contributed by atoms with Crippen molar-refractivity contribution in [2.45, 2.75) is 76.4 Å². The van der Waals surface area contributed by atoms with E-state index >= 15 is 0 Å². The molecule has 3 aliphatic heterocycles. The number of likely N-dealkylation sites (tertiary alicyclic amines) is 1. The van der Waals surface area contributed by atoms with Crippen LogP contribution in [0, 0.1) is 11.8 Å². The largest absolute Gasteiger partial charge is 0.394 e. The number of carbonyl (C=O) groups is 3. The predicted molar refractivity (Wildman–Crippen MR) is 129 cm³/mol. The highest BCUT2D eigenvalue weighted by molar-refractivity contribution is 5.99. The number of aromatic nitrogens is 3. The fraction of sp³-hybridized carbons (Fsp3) is 0.640. The number of fused-ring (bicyclic) bond motifs is 2. The third-order valence-electron chi connectivity index (χ3n) is 8.19. The normalized spacial score (nSPS) is 31.6. The van der Waals surface area contributed by atoms with Crippen molar-refractivity contribution >= 4 is 28.8 Å². The second-order valence-electron chi connectivity index (χ2n) is 10.3. The molecule has 2 bridgehead atoms. The zero-order chi connectivity index (χ0) is 25.7. The van der Waals surface area contributed by atoms with Gasteiger partial charge in [-0.2, -0.15) is 0 Å². The van der Waals surface area contributed by atoms with Crippen molar-refractivity contribution in [1.82, 2.24) is 30.5 Å². The average molecular weight is 499 g/mol. The molecule has 3 saturated heterocycles. The number of aliphatic hydroxyl groups excluding tert-OH is 1. The Morgan fingerprint density at radius 1 is 1.22 bits per heavy atom. The summed E-state index contributed by atoms with van der Waals surface area (Å²) in [6.45, 7) is 5.98. The number of rotatable bonds is 9. The van der Waals surface area contributed by atoms with E-state index in [-0.39, 0.29) is 25.1 Å². The molecule has 3 N–H and O–H groups in total. The number of nitrogens with zero attached hydrogens (tertiary/aromatic N) is 4. The molecule has 2 aromatic rings. The molecule has 0 saturated carbocycles. The summed E-state index contributed by atoms with van der Waals surface area (Å²) in [5, 5.41) is 24.2. The molecule has 11 nitrogen and oxygen atoms in total. The summed E-state index contributed by atoms with van der Waals surface area (Å²) in [6, 6.07) is 5.91. The molecule has 5 rings (SSSR count). The van der Waals surface area contributed by atoms with Crippen LogP contribution in [0.3, 0.4) is 0 Å². The van der Waals surface area contributed by atoms with Gasteiger partial charge in [0.2, 0.25) is 17.7 Å². The van der Waals surface area contributed by atoms with E-state index < -0.39 is 41.0 Å². The Hall–Kier alpha value is -3.05. The van der Waals surface area contributed by atoms with Gasteiger partial charge in [-0.25, -0.2) is 4.68 Å². The summed E-state index contributed by atoms with van der Waals surface area (Å²) >= 11 is 0. The lowest BCUT2D eigenvalue weighted by molar-refractivity contribution is -0.150. The molecule has 36 heavy (non-hydrogen) atoms. The number of para-hydroxylation sites is 1. The number of amides is 3. The van der Waals surface area contributed by atoms with Gasteiger partial charge in [-0.15, -0.1) is 5.10 Å². The van der Waals surface area contributed by atoms with E-state index in [1.165, 1.54) is 4.90 Å². The summed E-state index contributed by atoms with van der Waals surface area (Å²) in [5.74, 6) is -2.39. The van der Waals surface area contributed by atoms with Crippen LogP contribution >= 0.6 is 0 Å². The van der Waals surface area contributed by atoms with Crippen molar-refractivity contribution < 1.29 is 24.2 Å². The van der Waals surface area contributed by atoms with Gasteiger partial charge < -0.3 is 25.4 Å². The van der Waals surface area contributed by atoms with Gasteiger partial charge in [-0.1, -0.05) is 31.2 Å². The molecule has 6 atom stereocenters. The van der Waals surface area contributed by atoms with E-state index in [9.17, 15) is 19.5 Å². The van der Waals surface area contributed by atoms with E-state index in [2.05, 4.69) is 20.9 Å². The highest BCUT2D eigenvalue weighted by Gasteiger charge is 2.78. The first-order chi connectivity index (χ1) is 17.3. The summed E-state index contributed by atoms with van der Waals surface area (Å²) < 4.78 is 8.15. The second kappa shape index (κ2) is 9.11. The Bertz CT molecular complexity index is 1180. The van der Waals surface area contributed by atoms with Gasteiger partial charge in [0.25, 0.3) is 0 Å². The van der Waals surface area contributed by atoms with Crippen LogP contribution in [-0.4, -0.2) is 79.2 Å². The monoisotopic (exact) mass is 498 g/mol. The zero-order valence-electron chi connectivity index (χ0n) is 20.9. The number of ether oxygens (including phenoxy) is 1. The molecule has 0 radical (unpaired) electrons. The summed E-state index contributed by atoms with van der Waals surface area (Å²) in [5.41, 5.74) is -0.475. The second-order valence-corrected chi connectivity index (χ2v) is 10.3. The minimum absolute atomic E-state index is 0.0617. The molecule has 1 spiro atoms. The lowest BCUT2D eigenvalue weighted by Crippen LogP contribution is -2.58. The first-order valence-corrected chi connectivity index (χ1v) is 12.8. The van der Waals surface area contributed by atoms with Crippen LogP contribution in [0.5, 0.6) is 0 Å². The maximum atomic E-state index is 13.9. The van der Waals surface area contributed by atoms with Gasteiger partial charge in [0.05, 0.1) is 35.6 Å². The number of nitrogens with one attached hydrogen (secondary N) is 2. The van der Waals surface area contributed by atoms with E-state index in [4.69, 9.17) is 4.74 Å². The van der Waals surface area contributed by atoms with Crippen LogP contribution in [0.15, 0.2) is 24.3 Å². The number of hydrogen-bond acceptors (Lipinski definition) is 7. The van der Waals surface area contributed by atoms with Crippen molar-refractivity contribution in [3.05, 3.63) is 24.3 Å². The Morgan fingerprint density at radius 3 is 2.72 bits per heavy atom. The SMILES string of the molecule is CCCNC(=O)[C@H]1[C@H]2C(=O)N([C@@H](CC)CO)C(C(=O)NCn3nnc4ccccc43)C23CC[C@]1(C)O3. The molecule has 2 unspecified atom stereocenters. The lowest BCUT2D eigenvalue weighted by atomic mass is 9.66.